The molecule has 3 rings (SSSR count). The first-order valence-corrected chi connectivity index (χ1v) is 10.2. The van der Waals surface area contributed by atoms with E-state index in [0.717, 1.165) is 18.9 Å². The Hall–Kier alpha value is -1.09. The molecule has 0 radical (unpaired) electrons. The van der Waals surface area contributed by atoms with E-state index in [1.165, 1.54) is 10.4 Å². The predicted molar refractivity (Wildman–Crippen MR) is 92.4 cm³/mol. The monoisotopic (exact) mass is 373 g/mol. The van der Waals surface area contributed by atoms with Gasteiger partial charge in [0.15, 0.2) is 11.6 Å². The molecule has 0 aliphatic carbocycles. The molecule has 2 saturated heterocycles. The summed E-state index contributed by atoms with van der Waals surface area (Å²) in [5.74, 6) is -1.63. The average Bonchev–Trinajstić information content (AvgIpc) is 2.58. The number of hydrogen-bond donors (Lipinski definition) is 2. The van der Waals surface area contributed by atoms with E-state index in [-0.39, 0.29) is 12.0 Å². The van der Waals surface area contributed by atoms with Crippen molar-refractivity contribution >= 4 is 10.2 Å². The summed E-state index contributed by atoms with van der Waals surface area (Å²) < 4.78 is 56.6. The van der Waals surface area contributed by atoms with E-state index < -0.39 is 21.8 Å². The molecule has 2 heterocycles. The average molecular weight is 373 g/mol. The van der Waals surface area contributed by atoms with Crippen LogP contribution in [-0.2, 0) is 10.2 Å². The van der Waals surface area contributed by atoms with Gasteiger partial charge < -0.3 is 5.32 Å². The molecular formula is C17H25F2N3O2S. The fourth-order valence-corrected chi connectivity index (χ4v) is 5.35. The molecule has 0 amide bonds. The van der Waals surface area contributed by atoms with Gasteiger partial charge >= 0.3 is 0 Å². The molecule has 2 aliphatic rings. The highest BCUT2D eigenvalue weighted by atomic mass is 32.2. The summed E-state index contributed by atoms with van der Waals surface area (Å²) in [5, 5.41) is 3.18. The molecule has 25 heavy (non-hydrogen) atoms. The molecule has 1 aromatic carbocycles. The Morgan fingerprint density at radius 2 is 2.04 bits per heavy atom. The number of halogens is 2. The van der Waals surface area contributed by atoms with Gasteiger partial charge in [0.05, 0.1) is 0 Å². The van der Waals surface area contributed by atoms with Crippen LogP contribution in [0.2, 0.25) is 0 Å². The van der Waals surface area contributed by atoms with Crippen LogP contribution in [0.15, 0.2) is 18.2 Å². The third kappa shape index (κ3) is 4.36. The Balaban J connectivity index is 1.77. The summed E-state index contributed by atoms with van der Waals surface area (Å²) in [6, 6.07) is 3.43. The molecule has 8 heteroatoms. The minimum Gasteiger partial charge on any atom is -0.315 e. The quantitative estimate of drug-likeness (QED) is 0.848. The number of hydrogen-bond acceptors (Lipinski definition) is 3. The fourth-order valence-electron chi connectivity index (χ4n) is 3.75. The third-order valence-electron chi connectivity index (χ3n) is 5.11. The molecule has 1 aromatic rings. The second-order valence-electron chi connectivity index (χ2n) is 7.11. The number of nitrogens with one attached hydrogen (secondary N) is 2. The molecule has 0 spiro atoms. The Kier molecular flexibility index (Phi) is 5.72. The molecule has 2 N–H and O–H groups in total. The second kappa shape index (κ2) is 7.65. The van der Waals surface area contributed by atoms with E-state index in [1.807, 2.05) is 6.92 Å². The third-order valence-corrected chi connectivity index (χ3v) is 6.73. The minimum absolute atomic E-state index is 0.187. The molecule has 3 unspecified atom stereocenters. The summed E-state index contributed by atoms with van der Waals surface area (Å²) in [7, 11) is -3.60. The van der Waals surface area contributed by atoms with Gasteiger partial charge in [-0.3, -0.25) is 0 Å². The van der Waals surface area contributed by atoms with Gasteiger partial charge in [-0.2, -0.15) is 17.4 Å². The standard InChI is InChI=1S/C17H25F2N3O2S/c1-12-3-2-8-22(11-12)25(23,24)21-17-10-20-7-6-14(17)13-4-5-15(18)16(19)9-13/h4-5,9,12,14,17,20-21H,2-3,6-8,10-11H2,1H3. The van der Waals surface area contributed by atoms with Crippen molar-refractivity contribution in [1.29, 1.82) is 0 Å². The topological polar surface area (TPSA) is 61.4 Å². The lowest BCUT2D eigenvalue weighted by Gasteiger charge is -2.36. The van der Waals surface area contributed by atoms with Crippen molar-refractivity contribution in [2.75, 3.05) is 26.2 Å². The minimum atomic E-state index is -3.60. The van der Waals surface area contributed by atoms with E-state index in [9.17, 15) is 17.2 Å². The smallest absolute Gasteiger partial charge is 0.279 e. The van der Waals surface area contributed by atoms with Gasteiger partial charge in [-0.05, 0) is 49.4 Å². The molecular weight excluding hydrogens is 348 g/mol. The molecule has 0 aromatic heterocycles. The van der Waals surface area contributed by atoms with Crippen LogP contribution >= 0.6 is 0 Å². The maximum absolute atomic E-state index is 13.6. The Labute approximate surface area is 148 Å². The van der Waals surface area contributed by atoms with Crippen LogP contribution in [0.5, 0.6) is 0 Å². The Morgan fingerprint density at radius 1 is 1.24 bits per heavy atom. The molecule has 0 bridgehead atoms. The molecule has 5 nitrogen and oxygen atoms in total. The normalized spacial score (nSPS) is 28.8. The Morgan fingerprint density at radius 3 is 2.76 bits per heavy atom. The van der Waals surface area contributed by atoms with Crippen LogP contribution in [0, 0.1) is 17.6 Å². The first-order chi connectivity index (χ1) is 11.9. The van der Waals surface area contributed by atoms with Crippen molar-refractivity contribution in [1.82, 2.24) is 14.3 Å². The van der Waals surface area contributed by atoms with Crippen LogP contribution in [0.25, 0.3) is 0 Å². The zero-order valence-electron chi connectivity index (χ0n) is 14.3. The van der Waals surface area contributed by atoms with Gasteiger partial charge in [0.25, 0.3) is 10.2 Å². The fraction of sp³-hybridized carbons (Fsp3) is 0.647. The highest BCUT2D eigenvalue weighted by Gasteiger charge is 2.34. The summed E-state index contributed by atoms with van der Waals surface area (Å²) in [6.07, 6.45) is 2.56. The predicted octanol–water partition coefficient (Wildman–Crippen LogP) is 1.98. The maximum atomic E-state index is 13.6. The first-order valence-electron chi connectivity index (χ1n) is 8.80. The lowest BCUT2D eigenvalue weighted by atomic mass is 9.86. The van der Waals surface area contributed by atoms with E-state index in [4.69, 9.17) is 0 Å². The number of rotatable bonds is 4. The van der Waals surface area contributed by atoms with Crippen LogP contribution < -0.4 is 10.0 Å². The van der Waals surface area contributed by atoms with Gasteiger partial charge in [0.1, 0.15) is 0 Å². The van der Waals surface area contributed by atoms with Crippen molar-refractivity contribution < 1.29 is 17.2 Å². The van der Waals surface area contributed by atoms with Crippen LogP contribution in [0.1, 0.15) is 37.7 Å². The van der Waals surface area contributed by atoms with Crippen molar-refractivity contribution in [3.8, 4) is 0 Å². The molecule has 0 saturated carbocycles. The van der Waals surface area contributed by atoms with Crippen molar-refractivity contribution in [2.45, 2.75) is 38.1 Å². The lowest BCUT2D eigenvalue weighted by molar-refractivity contribution is 0.272. The van der Waals surface area contributed by atoms with Gasteiger partial charge in [-0.15, -0.1) is 0 Å². The summed E-state index contributed by atoms with van der Waals surface area (Å²) in [6.45, 7) is 4.27. The van der Waals surface area contributed by atoms with Crippen molar-refractivity contribution in [2.24, 2.45) is 5.92 Å². The van der Waals surface area contributed by atoms with Gasteiger partial charge in [0, 0.05) is 31.6 Å². The number of benzene rings is 1. The highest BCUT2D eigenvalue weighted by molar-refractivity contribution is 7.87. The van der Waals surface area contributed by atoms with E-state index >= 15 is 0 Å². The van der Waals surface area contributed by atoms with E-state index in [0.29, 0.717) is 44.1 Å². The SMILES string of the molecule is CC1CCCN(S(=O)(=O)NC2CNCCC2c2ccc(F)c(F)c2)C1. The van der Waals surface area contributed by atoms with Crippen LogP contribution in [0.4, 0.5) is 8.78 Å². The second-order valence-corrected chi connectivity index (χ2v) is 8.81. The highest BCUT2D eigenvalue weighted by Crippen LogP contribution is 2.28. The lowest BCUT2D eigenvalue weighted by Crippen LogP contribution is -2.55. The maximum Gasteiger partial charge on any atom is 0.279 e. The van der Waals surface area contributed by atoms with Crippen molar-refractivity contribution in [3.63, 3.8) is 0 Å². The van der Waals surface area contributed by atoms with Crippen LogP contribution in [0.3, 0.4) is 0 Å². The van der Waals surface area contributed by atoms with Gasteiger partial charge in [-0.1, -0.05) is 13.0 Å². The van der Waals surface area contributed by atoms with Crippen LogP contribution in [-0.4, -0.2) is 44.9 Å². The number of piperidine rings is 2. The zero-order valence-corrected chi connectivity index (χ0v) is 15.2. The largest absolute Gasteiger partial charge is 0.315 e. The van der Waals surface area contributed by atoms with Gasteiger partial charge in [-0.25, -0.2) is 8.78 Å². The summed E-state index contributed by atoms with van der Waals surface area (Å²) >= 11 is 0. The first kappa shape index (κ1) is 18.7. The molecule has 2 aliphatic heterocycles. The van der Waals surface area contributed by atoms with Gasteiger partial charge in [0.2, 0.25) is 0 Å². The van der Waals surface area contributed by atoms with Crippen molar-refractivity contribution in [3.05, 3.63) is 35.4 Å². The molecule has 140 valence electrons. The Bertz CT molecular complexity index is 714. The number of nitrogens with zero attached hydrogens (tertiary/aromatic N) is 1. The van der Waals surface area contributed by atoms with E-state index in [2.05, 4.69) is 10.0 Å². The zero-order chi connectivity index (χ0) is 18.0. The summed E-state index contributed by atoms with van der Waals surface area (Å²) in [4.78, 5) is 0. The molecule has 3 atom stereocenters. The van der Waals surface area contributed by atoms with E-state index in [1.54, 1.807) is 6.07 Å². The molecule has 2 fully saturated rings. The summed E-state index contributed by atoms with van der Waals surface area (Å²) in [5.41, 5.74) is 0.625.